The van der Waals surface area contributed by atoms with Crippen LogP contribution >= 0.6 is 0 Å². The Labute approximate surface area is 260 Å². The van der Waals surface area contributed by atoms with Gasteiger partial charge in [-0.05, 0) is 87.0 Å². The number of aromatic nitrogens is 2. The van der Waals surface area contributed by atoms with E-state index < -0.39 is 5.91 Å². The Bertz CT molecular complexity index is 1450. The van der Waals surface area contributed by atoms with Gasteiger partial charge in [-0.25, -0.2) is 9.97 Å². The van der Waals surface area contributed by atoms with Crippen molar-refractivity contribution in [1.82, 2.24) is 20.2 Å². The molecule has 2 aliphatic rings. The molecule has 44 heavy (non-hydrogen) atoms. The van der Waals surface area contributed by atoms with Crippen LogP contribution in [-0.2, 0) is 5.41 Å². The number of nitrogens with two attached hydrogens (primary N) is 1. The first kappa shape index (κ1) is 31.3. The molecule has 2 fully saturated rings. The van der Waals surface area contributed by atoms with Crippen molar-refractivity contribution in [3.63, 3.8) is 0 Å². The number of hydrogen-bond donors (Lipinski definition) is 3. The van der Waals surface area contributed by atoms with Crippen molar-refractivity contribution in [3.05, 3.63) is 71.5 Å². The van der Waals surface area contributed by atoms with Crippen LogP contribution in [0.4, 0.5) is 17.3 Å². The Morgan fingerprint density at radius 1 is 0.977 bits per heavy atom. The van der Waals surface area contributed by atoms with Crippen LogP contribution in [-0.4, -0.2) is 71.6 Å². The number of benzene rings is 2. The summed E-state index contributed by atoms with van der Waals surface area (Å²) in [4.78, 5) is 39.0. The molecule has 4 N–H and O–H groups in total. The summed E-state index contributed by atoms with van der Waals surface area (Å²) >= 11 is 0. The van der Waals surface area contributed by atoms with Crippen LogP contribution in [0.15, 0.2) is 54.7 Å². The fourth-order valence-corrected chi connectivity index (χ4v) is 5.87. The lowest BCUT2D eigenvalue weighted by Crippen LogP contribution is -2.54. The topological polar surface area (TPSA) is 126 Å². The van der Waals surface area contributed by atoms with Gasteiger partial charge in [0.2, 0.25) is 0 Å². The highest BCUT2D eigenvalue weighted by Gasteiger charge is 2.31. The fourth-order valence-electron chi connectivity index (χ4n) is 5.87. The normalized spacial score (nSPS) is 19.8. The minimum Gasteiger partial charge on any atom is -0.490 e. The highest BCUT2D eigenvalue weighted by molar-refractivity contribution is 5.96. The van der Waals surface area contributed by atoms with Gasteiger partial charge in [0, 0.05) is 43.0 Å². The molecular formula is C34H45N7O3. The molecule has 1 aromatic heterocycles. The standard InChI is InChI=1S/C34H45N7O3/c1-22-28(38-33(43)23-8-10-24(11-9-23)34(2,3)4)7-6-18-41(22)29-21-36-30(31(35)42)32(39-29)37-25-12-14-26(15-13-25)44-27-16-19-40(5)20-17-27/h8-15,21-22,27-28H,6-7,16-20H2,1-5H3,(H2,35,42)(H,37,39)(H,38,43)/t22-,28-/m1/s1. The van der Waals surface area contributed by atoms with Crippen molar-refractivity contribution < 1.29 is 14.3 Å². The Kier molecular flexibility index (Phi) is 9.39. The van der Waals surface area contributed by atoms with Crippen molar-refractivity contribution >= 4 is 29.1 Å². The summed E-state index contributed by atoms with van der Waals surface area (Å²) in [5.41, 5.74) is 8.32. The molecule has 234 valence electrons. The lowest BCUT2D eigenvalue weighted by atomic mass is 9.86. The molecule has 0 aliphatic carbocycles. The van der Waals surface area contributed by atoms with Crippen LogP contribution in [0, 0.1) is 0 Å². The first-order chi connectivity index (χ1) is 21.0. The van der Waals surface area contributed by atoms with E-state index >= 15 is 0 Å². The third-order valence-electron chi connectivity index (χ3n) is 8.69. The summed E-state index contributed by atoms with van der Waals surface area (Å²) in [5.74, 6) is 0.949. The number of hydrogen-bond acceptors (Lipinski definition) is 8. The number of piperidine rings is 2. The van der Waals surface area contributed by atoms with Gasteiger partial charge < -0.3 is 30.9 Å². The summed E-state index contributed by atoms with van der Waals surface area (Å²) < 4.78 is 6.17. The van der Waals surface area contributed by atoms with E-state index in [0.29, 0.717) is 11.4 Å². The molecule has 2 aromatic carbocycles. The molecule has 0 spiro atoms. The van der Waals surface area contributed by atoms with Gasteiger partial charge >= 0.3 is 0 Å². The Morgan fingerprint density at radius 2 is 1.66 bits per heavy atom. The van der Waals surface area contributed by atoms with Crippen molar-refractivity contribution in [2.45, 2.75) is 77.0 Å². The van der Waals surface area contributed by atoms with E-state index in [1.54, 1.807) is 6.20 Å². The van der Waals surface area contributed by atoms with Gasteiger partial charge in [0.15, 0.2) is 11.5 Å². The van der Waals surface area contributed by atoms with E-state index in [9.17, 15) is 9.59 Å². The van der Waals surface area contributed by atoms with Crippen LogP contribution in [0.5, 0.6) is 5.75 Å². The number of amides is 2. The summed E-state index contributed by atoms with van der Waals surface area (Å²) in [7, 11) is 2.13. The van der Waals surface area contributed by atoms with Gasteiger partial charge in [-0.3, -0.25) is 9.59 Å². The van der Waals surface area contributed by atoms with Gasteiger partial charge in [0.1, 0.15) is 17.7 Å². The molecule has 3 aromatic rings. The van der Waals surface area contributed by atoms with Crippen LogP contribution in [0.3, 0.4) is 0 Å². The highest BCUT2D eigenvalue weighted by Crippen LogP contribution is 2.28. The third kappa shape index (κ3) is 7.48. The Hall–Kier alpha value is -4.18. The first-order valence-electron chi connectivity index (χ1n) is 15.5. The average Bonchev–Trinajstić information content (AvgIpc) is 3.00. The number of carbonyl (C=O) groups is 2. The van der Waals surface area contributed by atoms with Gasteiger partial charge in [-0.15, -0.1) is 0 Å². The van der Waals surface area contributed by atoms with Gasteiger partial charge in [-0.1, -0.05) is 32.9 Å². The van der Waals surface area contributed by atoms with E-state index in [0.717, 1.165) is 56.8 Å². The maximum atomic E-state index is 13.2. The van der Waals surface area contributed by atoms with Gasteiger partial charge in [-0.2, -0.15) is 0 Å². The zero-order chi connectivity index (χ0) is 31.4. The Morgan fingerprint density at radius 3 is 2.30 bits per heavy atom. The summed E-state index contributed by atoms with van der Waals surface area (Å²) in [6, 6.07) is 15.3. The number of likely N-dealkylation sites (tertiary alicyclic amines) is 1. The van der Waals surface area contributed by atoms with Crippen LogP contribution in [0.2, 0.25) is 0 Å². The lowest BCUT2D eigenvalue weighted by Gasteiger charge is -2.40. The Balaban J connectivity index is 1.27. The van der Waals surface area contributed by atoms with E-state index in [1.165, 1.54) is 5.56 Å². The summed E-state index contributed by atoms with van der Waals surface area (Å²) in [5, 5.41) is 6.46. The van der Waals surface area contributed by atoms with Crippen molar-refractivity contribution in [2.24, 2.45) is 5.73 Å². The molecule has 10 heteroatoms. The SMILES string of the molecule is C[C@@H]1[C@H](NC(=O)c2ccc(C(C)(C)C)cc2)CCCN1c1cnc(C(N)=O)c(Nc2ccc(OC3CCN(C)CC3)cc2)n1. The predicted molar refractivity (Wildman–Crippen MR) is 174 cm³/mol. The van der Waals surface area contributed by atoms with E-state index in [1.807, 2.05) is 48.5 Å². The molecule has 0 saturated carbocycles. The molecule has 2 saturated heterocycles. The van der Waals surface area contributed by atoms with Crippen LogP contribution < -0.4 is 26.0 Å². The van der Waals surface area contributed by atoms with Crippen molar-refractivity contribution in [3.8, 4) is 5.75 Å². The quantitative estimate of drug-likeness (QED) is 0.335. The summed E-state index contributed by atoms with van der Waals surface area (Å²) in [6.07, 6.45) is 5.53. The summed E-state index contributed by atoms with van der Waals surface area (Å²) in [6.45, 7) is 11.4. The van der Waals surface area contributed by atoms with E-state index in [2.05, 4.69) is 60.2 Å². The second-order valence-corrected chi connectivity index (χ2v) is 13.0. The largest absolute Gasteiger partial charge is 0.490 e. The molecule has 0 unspecified atom stereocenters. The number of primary amides is 1. The van der Waals surface area contributed by atoms with E-state index in [-0.39, 0.29) is 41.0 Å². The lowest BCUT2D eigenvalue weighted by molar-refractivity contribution is 0.0923. The second-order valence-electron chi connectivity index (χ2n) is 13.0. The third-order valence-corrected chi connectivity index (χ3v) is 8.69. The second kappa shape index (κ2) is 13.2. The number of ether oxygens (including phenoxy) is 1. The molecule has 2 atom stereocenters. The molecule has 0 bridgehead atoms. The molecular weight excluding hydrogens is 554 g/mol. The monoisotopic (exact) mass is 599 g/mol. The van der Waals surface area contributed by atoms with Crippen molar-refractivity contribution in [1.29, 1.82) is 0 Å². The smallest absolute Gasteiger partial charge is 0.271 e. The zero-order valence-corrected chi connectivity index (χ0v) is 26.5. The fraction of sp³-hybridized carbons (Fsp3) is 0.471. The van der Waals surface area contributed by atoms with Crippen LogP contribution in [0.25, 0.3) is 0 Å². The van der Waals surface area contributed by atoms with Crippen LogP contribution in [0.1, 0.15) is 79.8 Å². The first-order valence-corrected chi connectivity index (χ1v) is 15.5. The minimum atomic E-state index is -0.664. The molecule has 3 heterocycles. The molecule has 2 aliphatic heterocycles. The number of nitrogens with zero attached hydrogens (tertiary/aromatic N) is 4. The van der Waals surface area contributed by atoms with E-state index in [4.69, 9.17) is 15.5 Å². The number of nitrogens with one attached hydrogen (secondary N) is 2. The van der Waals surface area contributed by atoms with Crippen molar-refractivity contribution in [2.75, 3.05) is 36.9 Å². The van der Waals surface area contributed by atoms with Gasteiger partial charge in [0.05, 0.1) is 6.20 Å². The molecule has 0 radical (unpaired) electrons. The molecule has 10 nitrogen and oxygen atoms in total. The molecule has 5 rings (SSSR count). The van der Waals surface area contributed by atoms with Gasteiger partial charge in [0.25, 0.3) is 11.8 Å². The average molecular weight is 600 g/mol. The highest BCUT2D eigenvalue weighted by atomic mass is 16.5. The maximum Gasteiger partial charge on any atom is 0.271 e. The molecule has 2 amide bonds. The zero-order valence-electron chi connectivity index (χ0n) is 26.5. The number of carbonyl (C=O) groups excluding carboxylic acids is 2. The number of rotatable bonds is 8. The maximum absolute atomic E-state index is 13.2. The predicted octanol–water partition coefficient (Wildman–Crippen LogP) is 4.88. The minimum absolute atomic E-state index is 0.0241. The number of anilines is 3.